The summed E-state index contributed by atoms with van der Waals surface area (Å²) >= 11 is 0.882. The number of thiophene rings is 1. The van der Waals surface area contributed by atoms with Crippen molar-refractivity contribution in [1.82, 2.24) is 0 Å². The van der Waals surface area contributed by atoms with Crippen molar-refractivity contribution in [2.24, 2.45) is 0 Å². The van der Waals surface area contributed by atoms with Crippen molar-refractivity contribution in [3.63, 3.8) is 0 Å². The van der Waals surface area contributed by atoms with Crippen LogP contribution in [0.3, 0.4) is 0 Å². The van der Waals surface area contributed by atoms with Gasteiger partial charge in [0.05, 0.1) is 20.5 Å². The van der Waals surface area contributed by atoms with E-state index in [0.29, 0.717) is 11.4 Å². The van der Waals surface area contributed by atoms with Crippen LogP contribution in [0, 0.1) is 0 Å². The monoisotopic (exact) mass is 870 g/mol. The van der Waals surface area contributed by atoms with Gasteiger partial charge in [0.15, 0.2) is 0 Å². The summed E-state index contributed by atoms with van der Waals surface area (Å²) in [5.74, 6) is 0. The van der Waals surface area contributed by atoms with Crippen LogP contribution in [0.15, 0.2) is 236 Å². The van der Waals surface area contributed by atoms with Gasteiger partial charge in [0.1, 0.15) is 0 Å². The highest BCUT2D eigenvalue weighted by Crippen LogP contribution is 2.62. The first-order valence-electron chi connectivity index (χ1n) is 27.6. The van der Waals surface area contributed by atoms with Gasteiger partial charge in [-0.05, 0) is 132 Å². The van der Waals surface area contributed by atoms with Crippen LogP contribution in [0.2, 0.25) is 0 Å². The highest BCUT2D eigenvalue weighted by Gasteiger charge is 2.53. The second-order valence-corrected chi connectivity index (χ2v) is 18.6. The minimum atomic E-state index is -0.588. The predicted octanol–water partition coefficient (Wildman–Crippen LogP) is 17.5. The molecule has 1 aromatic heterocycles. The molecular formula is C64H45NS. The summed E-state index contributed by atoms with van der Waals surface area (Å²) in [7, 11) is 0. The molecule has 0 unspecified atom stereocenters. The van der Waals surface area contributed by atoms with Crippen molar-refractivity contribution >= 4 is 48.6 Å². The Labute approximate surface area is 406 Å². The van der Waals surface area contributed by atoms with E-state index in [4.69, 9.17) is 8.22 Å². The Morgan fingerprint density at radius 1 is 0.379 bits per heavy atom. The maximum atomic E-state index is 9.80. The standard InChI is InChI=1S/C64H45NS/c1-63(2)56-23-11-12-24-58(56)64(54-21-9-6-17-51(54)52-18-7-10-22-55(52)64)59-41-46(33-40-57(59)63)44-29-36-48(37-30-44)65(47-34-27-43(28-35-47)42-15-4-3-5-16-42)49-38-31-45(32-39-49)50-20-14-26-61-62(50)53-19-8-13-25-60(53)66-61/h3-41H,1-2H3/i8D,13D,14D,19D,20D,25D,26D,31D,32D,38D,39D. The number of rotatable bonds is 6. The van der Waals surface area contributed by atoms with Crippen LogP contribution in [-0.4, -0.2) is 0 Å². The van der Waals surface area contributed by atoms with Gasteiger partial charge >= 0.3 is 0 Å². The third-order valence-electron chi connectivity index (χ3n) is 13.8. The van der Waals surface area contributed by atoms with E-state index < -0.39 is 59.8 Å². The van der Waals surface area contributed by atoms with E-state index in [1.165, 1.54) is 44.5 Å². The second kappa shape index (κ2) is 14.9. The van der Waals surface area contributed by atoms with Crippen LogP contribution in [-0.2, 0) is 10.8 Å². The molecule has 2 aliphatic carbocycles. The van der Waals surface area contributed by atoms with Gasteiger partial charge in [-0.25, -0.2) is 0 Å². The van der Waals surface area contributed by atoms with Crippen LogP contribution in [0.25, 0.3) is 64.7 Å². The SMILES string of the molecule is [2H]c1c([2H])c(N(c2ccc(-c3ccccc3)cc2)c2ccc(-c3ccc4c(c3)C3(c5ccccc5-c5ccccc53)c3ccccc3C4(C)C)cc2)c([2H])c([2H])c1-c1c([2H])c([2H])c([2H])c2sc3c([2H])c([2H])c([2H])c([2H])c3c12. The van der Waals surface area contributed by atoms with Crippen molar-refractivity contribution in [3.8, 4) is 44.5 Å². The van der Waals surface area contributed by atoms with Gasteiger partial charge in [-0.15, -0.1) is 11.3 Å². The number of hydrogen-bond donors (Lipinski definition) is 0. The van der Waals surface area contributed by atoms with Crippen LogP contribution in [0.1, 0.15) is 62.3 Å². The van der Waals surface area contributed by atoms with Crippen molar-refractivity contribution in [2.75, 3.05) is 4.90 Å². The average molecular weight is 871 g/mol. The first-order chi connectivity index (χ1) is 37.1. The van der Waals surface area contributed by atoms with E-state index in [1.807, 2.05) is 78.9 Å². The fraction of sp³-hybridized carbons (Fsp3) is 0.0625. The third kappa shape index (κ3) is 5.71. The van der Waals surface area contributed by atoms with Crippen molar-refractivity contribution < 1.29 is 15.1 Å². The molecule has 0 saturated carbocycles. The molecule has 0 aliphatic heterocycles. The summed E-state index contributed by atoms with van der Waals surface area (Å²) in [5, 5.41) is 0.0115. The molecule has 1 heterocycles. The van der Waals surface area contributed by atoms with Gasteiger partial charge in [-0.2, -0.15) is 0 Å². The Balaban J connectivity index is 0.996. The maximum absolute atomic E-state index is 9.80. The van der Waals surface area contributed by atoms with E-state index in [9.17, 15) is 6.85 Å². The van der Waals surface area contributed by atoms with Gasteiger partial charge in [0.25, 0.3) is 0 Å². The molecule has 0 saturated heterocycles. The molecule has 1 spiro atoms. The molecule has 0 amide bonds. The lowest BCUT2D eigenvalue weighted by molar-refractivity contribution is 0.563. The summed E-state index contributed by atoms with van der Waals surface area (Å²) < 4.78 is 101. The molecule has 11 aromatic rings. The minimum Gasteiger partial charge on any atom is -0.311 e. The molecule has 13 rings (SSSR count). The van der Waals surface area contributed by atoms with E-state index >= 15 is 0 Å². The lowest BCUT2D eigenvalue weighted by atomic mass is 9.55. The summed E-state index contributed by atoms with van der Waals surface area (Å²) in [6, 6.07) is 53.4. The van der Waals surface area contributed by atoms with Crippen LogP contribution in [0.4, 0.5) is 17.1 Å². The van der Waals surface area contributed by atoms with Crippen molar-refractivity contribution in [3.05, 3.63) is 270 Å². The zero-order valence-corrected chi connectivity index (χ0v) is 36.8. The van der Waals surface area contributed by atoms with Gasteiger partial charge in [-0.1, -0.05) is 196 Å². The van der Waals surface area contributed by atoms with Crippen LogP contribution < -0.4 is 4.90 Å². The summed E-state index contributed by atoms with van der Waals surface area (Å²) in [5.41, 5.74) is 13.4. The lowest BCUT2D eigenvalue weighted by Gasteiger charge is -2.46. The summed E-state index contributed by atoms with van der Waals surface area (Å²) in [6.45, 7) is 4.61. The Kier molecular flexibility index (Phi) is 6.52. The molecule has 0 fully saturated rings. The van der Waals surface area contributed by atoms with E-state index in [0.717, 1.165) is 33.6 Å². The molecule has 2 heteroatoms. The largest absolute Gasteiger partial charge is 0.311 e. The topological polar surface area (TPSA) is 3.24 Å². The van der Waals surface area contributed by atoms with Crippen LogP contribution >= 0.6 is 11.3 Å². The minimum absolute atomic E-state index is 0.00495. The first kappa shape index (κ1) is 28.9. The Hall–Kier alpha value is -7.78. The fourth-order valence-electron chi connectivity index (χ4n) is 10.8. The lowest BCUT2D eigenvalue weighted by Crippen LogP contribution is -2.40. The highest BCUT2D eigenvalue weighted by atomic mass is 32.1. The number of benzene rings is 10. The second-order valence-electron chi connectivity index (χ2n) is 17.6. The predicted molar refractivity (Wildman–Crippen MR) is 280 cm³/mol. The molecule has 0 radical (unpaired) electrons. The number of anilines is 3. The Morgan fingerprint density at radius 2 is 0.909 bits per heavy atom. The highest BCUT2D eigenvalue weighted by molar-refractivity contribution is 7.25. The number of hydrogen-bond acceptors (Lipinski definition) is 2. The molecule has 312 valence electrons. The zero-order valence-electron chi connectivity index (χ0n) is 47.0. The van der Waals surface area contributed by atoms with Gasteiger partial charge in [-0.3, -0.25) is 0 Å². The third-order valence-corrected chi connectivity index (χ3v) is 14.8. The average Bonchev–Trinajstić information content (AvgIpc) is 4.16. The van der Waals surface area contributed by atoms with Crippen molar-refractivity contribution in [1.29, 1.82) is 0 Å². The Bertz CT molecular complexity index is 4250. The van der Waals surface area contributed by atoms with Gasteiger partial charge < -0.3 is 4.90 Å². The smallest absolute Gasteiger partial charge is 0.0719 e. The van der Waals surface area contributed by atoms with E-state index in [-0.39, 0.29) is 54.5 Å². The molecule has 66 heavy (non-hydrogen) atoms. The maximum Gasteiger partial charge on any atom is 0.0719 e. The van der Waals surface area contributed by atoms with Crippen molar-refractivity contribution in [2.45, 2.75) is 24.7 Å². The van der Waals surface area contributed by atoms with Gasteiger partial charge in [0.2, 0.25) is 0 Å². The molecule has 10 aromatic carbocycles. The van der Waals surface area contributed by atoms with E-state index in [1.54, 1.807) is 4.90 Å². The molecular weight excluding hydrogens is 815 g/mol. The first-order valence-corrected chi connectivity index (χ1v) is 22.9. The molecule has 0 atom stereocenters. The normalized spacial score (nSPS) is 16.2. The molecule has 2 aliphatic rings. The number of fused-ring (bicyclic) bond motifs is 12. The zero-order chi connectivity index (χ0) is 53.6. The van der Waals surface area contributed by atoms with E-state index in [2.05, 4.69) is 105 Å². The molecule has 0 N–H and O–H groups in total. The molecule has 1 nitrogen and oxygen atoms in total. The Morgan fingerprint density at radius 3 is 1.59 bits per heavy atom. The quantitative estimate of drug-likeness (QED) is 0.161. The summed E-state index contributed by atoms with van der Waals surface area (Å²) in [4.78, 5) is 1.70. The fourth-order valence-corrected chi connectivity index (χ4v) is 11.7. The molecule has 0 bridgehead atoms. The summed E-state index contributed by atoms with van der Waals surface area (Å²) in [6.07, 6.45) is 0. The van der Waals surface area contributed by atoms with Gasteiger partial charge in [0, 0.05) is 42.6 Å². The number of nitrogens with zero attached hydrogens (tertiary/aromatic N) is 1. The van der Waals surface area contributed by atoms with Crippen LogP contribution in [0.5, 0.6) is 0 Å².